The zero-order valence-corrected chi connectivity index (χ0v) is 21.2. The third-order valence-electron chi connectivity index (χ3n) is 5.67. The van der Waals surface area contributed by atoms with E-state index in [0.717, 1.165) is 62.7 Å². The zero-order chi connectivity index (χ0) is 21.5. The fraction of sp³-hybridized carbons (Fsp3) is 0.609. The number of piperidine rings is 1. The lowest BCUT2D eigenvalue weighted by Crippen LogP contribution is -2.45. The number of anilines is 1. The first kappa shape index (κ1) is 25.4. The lowest BCUT2D eigenvalue weighted by Gasteiger charge is -2.26. The molecule has 0 bridgehead atoms. The highest BCUT2D eigenvalue weighted by Crippen LogP contribution is 2.21. The Morgan fingerprint density at radius 1 is 1.19 bits per heavy atom. The topological polar surface area (TPSA) is 77.0 Å². The molecule has 8 heteroatoms. The molecule has 31 heavy (non-hydrogen) atoms. The van der Waals surface area contributed by atoms with E-state index in [-0.39, 0.29) is 47.8 Å². The van der Waals surface area contributed by atoms with Crippen molar-refractivity contribution in [1.29, 1.82) is 0 Å². The van der Waals surface area contributed by atoms with Crippen molar-refractivity contribution in [3.05, 3.63) is 29.8 Å². The van der Waals surface area contributed by atoms with Crippen LogP contribution in [0.25, 0.3) is 0 Å². The summed E-state index contributed by atoms with van der Waals surface area (Å²) in [6, 6.07) is 8.34. The molecule has 2 heterocycles. The number of halogens is 1. The van der Waals surface area contributed by atoms with E-state index in [1.54, 1.807) is 0 Å². The van der Waals surface area contributed by atoms with Gasteiger partial charge in [0, 0.05) is 50.2 Å². The fourth-order valence-electron chi connectivity index (χ4n) is 3.99. The van der Waals surface area contributed by atoms with Crippen molar-refractivity contribution in [2.45, 2.75) is 59.0 Å². The summed E-state index contributed by atoms with van der Waals surface area (Å²) in [5, 5.41) is 6.77. The number of hydrogen-bond acceptors (Lipinski definition) is 3. The smallest absolute Gasteiger partial charge is 0.226 e. The van der Waals surface area contributed by atoms with Gasteiger partial charge in [0.2, 0.25) is 11.8 Å². The van der Waals surface area contributed by atoms with Crippen molar-refractivity contribution < 1.29 is 9.59 Å². The van der Waals surface area contributed by atoms with Crippen LogP contribution in [0.15, 0.2) is 29.3 Å². The molecule has 2 fully saturated rings. The van der Waals surface area contributed by atoms with Crippen LogP contribution >= 0.6 is 24.0 Å². The van der Waals surface area contributed by atoms with E-state index in [1.165, 1.54) is 0 Å². The summed E-state index contributed by atoms with van der Waals surface area (Å²) < 4.78 is 0. The number of likely N-dealkylation sites (tertiary alicyclic amines) is 1. The number of rotatable bonds is 6. The largest absolute Gasteiger partial charge is 0.357 e. The molecule has 1 atom stereocenters. The average molecular weight is 541 g/mol. The van der Waals surface area contributed by atoms with Gasteiger partial charge in [-0.05, 0) is 43.9 Å². The normalized spacial score (nSPS) is 19.4. The quantitative estimate of drug-likeness (QED) is 0.330. The van der Waals surface area contributed by atoms with Crippen LogP contribution in [0.4, 0.5) is 5.69 Å². The van der Waals surface area contributed by atoms with Crippen molar-refractivity contribution in [3.8, 4) is 0 Å². The minimum atomic E-state index is 0. The Kier molecular flexibility index (Phi) is 10.1. The molecule has 172 valence electrons. The maximum atomic E-state index is 12.2. The summed E-state index contributed by atoms with van der Waals surface area (Å²) >= 11 is 0. The number of nitrogens with zero attached hydrogens (tertiary/aromatic N) is 3. The molecule has 2 aliphatic heterocycles. The Balaban J connectivity index is 0.00000341. The van der Waals surface area contributed by atoms with Gasteiger partial charge in [0.1, 0.15) is 0 Å². The minimum absolute atomic E-state index is 0. The van der Waals surface area contributed by atoms with Gasteiger partial charge < -0.3 is 20.4 Å². The summed E-state index contributed by atoms with van der Waals surface area (Å²) in [6.45, 7) is 9.61. The summed E-state index contributed by atoms with van der Waals surface area (Å²) in [7, 11) is 0. The van der Waals surface area contributed by atoms with Crippen LogP contribution in [0.1, 0.15) is 52.0 Å². The van der Waals surface area contributed by atoms with Crippen molar-refractivity contribution in [3.63, 3.8) is 0 Å². The number of aliphatic imine (C=N–C) groups is 1. The van der Waals surface area contributed by atoms with E-state index < -0.39 is 0 Å². The standard InChI is InChI=1S/C23H35N5O2.HI/c1-4-24-23(26-19-12-14-27(16-19)22(30)17(2)3)25-15-18-8-10-20(11-9-18)28-13-6-5-7-21(28)29;/h8-11,17,19H,4-7,12-16H2,1-3H3,(H2,24,25,26);1H. The first-order valence-electron chi connectivity index (χ1n) is 11.2. The second kappa shape index (κ2) is 12.3. The zero-order valence-electron chi connectivity index (χ0n) is 18.9. The molecular weight excluding hydrogens is 505 g/mol. The van der Waals surface area contributed by atoms with Crippen LogP contribution in [-0.2, 0) is 16.1 Å². The summed E-state index contributed by atoms with van der Waals surface area (Å²) in [5.74, 6) is 1.24. The molecule has 3 rings (SSSR count). The number of amides is 2. The lowest BCUT2D eigenvalue weighted by molar-refractivity contribution is -0.133. The van der Waals surface area contributed by atoms with Crippen molar-refractivity contribution in [2.24, 2.45) is 10.9 Å². The SMILES string of the molecule is CCNC(=NCc1ccc(N2CCCCC2=O)cc1)NC1CCN(C(=O)C(C)C)C1.I. The first-order chi connectivity index (χ1) is 14.5. The molecule has 2 N–H and O–H groups in total. The van der Waals surface area contributed by atoms with E-state index in [0.29, 0.717) is 13.0 Å². The van der Waals surface area contributed by atoms with Crippen LogP contribution < -0.4 is 15.5 Å². The van der Waals surface area contributed by atoms with E-state index >= 15 is 0 Å². The summed E-state index contributed by atoms with van der Waals surface area (Å²) in [4.78, 5) is 32.8. The van der Waals surface area contributed by atoms with Gasteiger partial charge in [0.05, 0.1) is 6.54 Å². The van der Waals surface area contributed by atoms with Crippen LogP contribution in [0, 0.1) is 5.92 Å². The third-order valence-corrected chi connectivity index (χ3v) is 5.67. The highest BCUT2D eigenvalue weighted by Gasteiger charge is 2.28. The number of hydrogen-bond donors (Lipinski definition) is 2. The van der Waals surface area contributed by atoms with Crippen molar-refractivity contribution in [1.82, 2.24) is 15.5 Å². The molecule has 0 aliphatic carbocycles. The molecule has 1 aromatic carbocycles. The minimum Gasteiger partial charge on any atom is -0.357 e. The molecule has 0 spiro atoms. The van der Waals surface area contributed by atoms with E-state index in [1.807, 2.05) is 54.8 Å². The summed E-state index contributed by atoms with van der Waals surface area (Å²) in [5.41, 5.74) is 2.07. The van der Waals surface area contributed by atoms with E-state index in [2.05, 4.69) is 10.6 Å². The monoisotopic (exact) mass is 541 g/mol. The number of carbonyl (C=O) groups is 2. The second-order valence-electron chi connectivity index (χ2n) is 8.43. The molecule has 2 aliphatic rings. The molecule has 0 saturated carbocycles. The maximum Gasteiger partial charge on any atom is 0.226 e. The second-order valence-corrected chi connectivity index (χ2v) is 8.43. The van der Waals surface area contributed by atoms with Crippen LogP contribution in [0.2, 0.25) is 0 Å². The molecular formula is C23H36IN5O2. The molecule has 2 amide bonds. The predicted octanol–water partition coefficient (Wildman–Crippen LogP) is 3.13. The Bertz CT molecular complexity index is 766. The molecule has 2 saturated heterocycles. The van der Waals surface area contributed by atoms with Crippen LogP contribution in [-0.4, -0.2) is 54.9 Å². The Hall–Kier alpha value is -1.84. The van der Waals surface area contributed by atoms with E-state index in [4.69, 9.17) is 4.99 Å². The lowest BCUT2D eigenvalue weighted by atomic mass is 10.1. The number of nitrogens with one attached hydrogen (secondary N) is 2. The van der Waals surface area contributed by atoms with Crippen LogP contribution in [0.3, 0.4) is 0 Å². The third kappa shape index (κ3) is 7.08. The van der Waals surface area contributed by atoms with E-state index in [9.17, 15) is 9.59 Å². The van der Waals surface area contributed by atoms with Gasteiger partial charge in [-0.3, -0.25) is 9.59 Å². The molecule has 1 aromatic rings. The molecule has 1 unspecified atom stereocenters. The van der Waals surface area contributed by atoms with Crippen molar-refractivity contribution >= 4 is 47.4 Å². The average Bonchev–Trinajstić information content (AvgIpc) is 3.21. The Labute approximate surface area is 203 Å². The molecule has 0 aromatic heterocycles. The first-order valence-corrected chi connectivity index (χ1v) is 11.2. The van der Waals surface area contributed by atoms with Gasteiger partial charge in [-0.15, -0.1) is 24.0 Å². The van der Waals surface area contributed by atoms with Gasteiger partial charge in [0.25, 0.3) is 0 Å². The maximum absolute atomic E-state index is 12.2. The number of benzene rings is 1. The highest BCUT2D eigenvalue weighted by atomic mass is 127. The Morgan fingerprint density at radius 2 is 1.94 bits per heavy atom. The molecule has 0 radical (unpaired) electrons. The fourth-order valence-corrected chi connectivity index (χ4v) is 3.99. The Morgan fingerprint density at radius 3 is 2.58 bits per heavy atom. The summed E-state index contributed by atoms with van der Waals surface area (Å²) in [6.07, 6.45) is 3.64. The predicted molar refractivity (Wildman–Crippen MR) is 136 cm³/mol. The van der Waals surface area contributed by atoms with Gasteiger partial charge >= 0.3 is 0 Å². The molecule has 7 nitrogen and oxygen atoms in total. The van der Waals surface area contributed by atoms with Gasteiger partial charge in [0.15, 0.2) is 5.96 Å². The number of guanidine groups is 1. The van der Waals surface area contributed by atoms with Crippen LogP contribution in [0.5, 0.6) is 0 Å². The number of carbonyl (C=O) groups excluding carboxylic acids is 2. The van der Waals surface area contributed by atoms with Gasteiger partial charge in [-0.1, -0.05) is 26.0 Å². The van der Waals surface area contributed by atoms with Gasteiger partial charge in [-0.2, -0.15) is 0 Å². The van der Waals surface area contributed by atoms with Crippen molar-refractivity contribution in [2.75, 3.05) is 31.1 Å². The van der Waals surface area contributed by atoms with Gasteiger partial charge in [-0.25, -0.2) is 4.99 Å². The highest BCUT2D eigenvalue weighted by molar-refractivity contribution is 14.0.